The highest BCUT2D eigenvalue weighted by atomic mass is 32.2. The topological polar surface area (TPSA) is 47.4 Å². The Balaban J connectivity index is 1.74. The smallest absolute Gasteiger partial charge is 0.257 e. The third-order valence-corrected chi connectivity index (χ3v) is 5.13. The van der Waals surface area contributed by atoms with Crippen LogP contribution in [-0.2, 0) is 11.8 Å². The van der Waals surface area contributed by atoms with E-state index in [0.717, 1.165) is 43.9 Å². The maximum absolute atomic E-state index is 12.7. The van der Waals surface area contributed by atoms with Crippen LogP contribution >= 0.6 is 11.8 Å². The number of hydrogen-bond acceptors (Lipinski definition) is 4. The lowest BCUT2D eigenvalue weighted by atomic mass is 10.1. The van der Waals surface area contributed by atoms with Gasteiger partial charge in [0.15, 0.2) is 0 Å². The average molecular weight is 295 g/mol. The van der Waals surface area contributed by atoms with Gasteiger partial charge in [0.1, 0.15) is 0 Å². The summed E-state index contributed by atoms with van der Waals surface area (Å²) >= 11 is 1.93. The number of carbonyl (C=O) groups excluding carboxylic acids is 1. The molecule has 6 heteroatoms. The van der Waals surface area contributed by atoms with Crippen molar-refractivity contribution in [3.05, 3.63) is 18.0 Å². The number of carbonyl (C=O) groups is 1. The molecule has 2 unspecified atom stereocenters. The number of thioether (sulfide) groups is 1. The number of rotatable bonds is 4. The van der Waals surface area contributed by atoms with E-state index in [1.807, 2.05) is 23.7 Å². The largest absolute Gasteiger partial charge is 0.376 e. The Morgan fingerprint density at radius 3 is 3.10 bits per heavy atom. The van der Waals surface area contributed by atoms with E-state index in [-0.39, 0.29) is 12.0 Å². The van der Waals surface area contributed by atoms with Gasteiger partial charge in [0.05, 0.1) is 17.9 Å². The molecule has 1 aromatic heterocycles. The SMILES string of the molecule is Cn1cc(C(=O)N(CC2CCCO2)C2CCSC2)cn1. The molecule has 2 atom stereocenters. The van der Waals surface area contributed by atoms with Crippen molar-refractivity contribution in [1.82, 2.24) is 14.7 Å². The molecule has 1 amide bonds. The van der Waals surface area contributed by atoms with E-state index >= 15 is 0 Å². The minimum Gasteiger partial charge on any atom is -0.376 e. The van der Waals surface area contributed by atoms with Crippen molar-refractivity contribution in [2.24, 2.45) is 7.05 Å². The van der Waals surface area contributed by atoms with Gasteiger partial charge in [-0.25, -0.2) is 0 Å². The standard InChI is InChI=1S/C14H21N3O2S/c1-16-8-11(7-15-16)14(18)17(12-4-6-20-10-12)9-13-3-2-5-19-13/h7-8,12-13H,2-6,9-10H2,1H3. The minimum absolute atomic E-state index is 0.0982. The lowest BCUT2D eigenvalue weighted by molar-refractivity contribution is 0.0441. The van der Waals surface area contributed by atoms with E-state index in [9.17, 15) is 4.79 Å². The maximum Gasteiger partial charge on any atom is 0.257 e. The molecule has 0 aliphatic carbocycles. The van der Waals surface area contributed by atoms with Gasteiger partial charge in [-0.3, -0.25) is 9.48 Å². The third-order valence-electron chi connectivity index (χ3n) is 3.98. The minimum atomic E-state index is 0.0982. The molecule has 1 aromatic rings. The van der Waals surface area contributed by atoms with Crippen LogP contribution in [0.4, 0.5) is 0 Å². The molecule has 110 valence electrons. The summed E-state index contributed by atoms with van der Waals surface area (Å²) in [4.78, 5) is 14.8. The summed E-state index contributed by atoms with van der Waals surface area (Å²) in [6, 6.07) is 0.344. The Morgan fingerprint density at radius 1 is 1.60 bits per heavy atom. The van der Waals surface area contributed by atoms with Crippen LogP contribution in [0.1, 0.15) is 29.6 Å². The summed E-state index contributed by atoms with van der Waals surface area (Å²) in [7, 11) is 1.84. The van der Waals surface area contributed by atoms with Crippen LogP contribution in [0.2, 0.25) is 0 Å². The second kappa shape index (κ2) is 6.18. The maximum atomic E-state index is 12.7. The van der Waals surface area contributed by atoms with E-state index in [2.05, 4.69) is 5.10 Å². The second-order valence-corrected chi connectivity index (χ2v) is 6.66. The first kappa shape index (κ1) is 13.9. The Morgan fingerprint density at radius 2 is 2.50 bits per heavy atom. The van der Waals surface area contributed by atoms with E-state index in [4.69, 9.17) is 4.74 Å². The van der Waals surface area contributed by atoms with Gasteiger partial charge in [0.2, 0.25) is 0 Å². The zero-order valence-corrected chi connectivity index (χ0v) is 12.6. The van der Waals surface area contributed by atoms with Gasteiger partial charge < -0.3 is 9.64 Å². The summed E-state index contributed by atoms with van der Waals surface area (Å²) in [6.07, 6.45) is 6.93. The zero-order valence-electron chi connectivity index (χ0n) is 11.8. The summed E-state index contributed by atoms with van der Waals surface area (Å²) in [5.74, 6) is 2.28. The van der Waals surface area contributed by atoms with E-state index in [1.54, 1.807) is 17.1 Å². The van der Waals surface area contributed by atoms with E-state index < -0.39 is 0 Å². The number of aromatic nitrogens is 2. The van der Waals surface area contributed by atoms with Crippen molar-refractivity contribution in [3.63, 3.8) is 0 Å². The highest BCUT2D eigenvalue weighted by Crippen LogP contribution is 2.25. The Bertz CT molecular complexity index is 465. The van der Waals surface area contributed by atoms with Crippen LogP contribution in [-0.4, -0.2) is 57.4 Å². The lowest BCUT2D eigenvalue weighted by Crippen LogP contribution is -2.44. The van der Waals surface area contributed by atoms with Crippen molar-refractivity contribution in [1.29, 1.82) is 0 Å². The van der Waals surface area contributed by atoms with E-state index in [1.165, 1.54) is 0 Å². The van der Waals surface area contributed by atoms with Gasteiger partial charge >= 0.3 is 0 Å². The fraction of sp³-hybridized carbons (Fsp3) is 0.714. The molecule has 0 aromatic carbocycles. The average Bonchev–Trinajstić information content (AvgIpc) is 3.17. The molecule has 2 aliphatic rings. The zero-order chi connectivity index (χ0) is 13.9. The lowest BCUT2D eigenvalue weighted by Gasteiger charge is -2.30. The first-order valence-corrected chi connectivity index (χ1v) is 8.38. The van der Waals surface area contributed by atoms with Gasteiger partial charge in [-0.1, -0.05) is 0 Å². The summed E-state index contributed by atoms with van der Waals surface area (Å²) in [6.45, 7) is 1.55. The Kier molecular flexibility index (Phi) is 4.31. The van der Waals surface area contributed by atoms with Crippen LogP contribution in [0.25, 0.3) is 0 Å². The number of ether oxygens (including phenoxy) is 1. The van der Waals surface area contributed by atoms with Gasteiger partial charge in [-0.2, -0.15) is 16.9 Å². The van der Waals surface area contributed by atoms with Crippen LogP contribution in [0.5, 0.6) is 0 Å². The summed E-state index contributed by atoms with van der Waals surface area (Å²) < 4.78 is 7.39. The molecule has 0 saturated carbocycles. The molecule has 3 rings (SSSR count). The fourth-order valence-electron chi connectivity index (χ4n) is 2.87. The molecule has 3 heterocycles. The quantitative estimate of drug-likeness (QED) is 0.845. The van der Waals surface area contributed by atoms with Gasteiger partial charge in [-0.05, 0) is 25.0 Å². The van der Waals surface area contributed by atoms with Crippen molar-refractivity contribution >= 4 is 17.7 Å². The molecule has 0 N–H and O–H groups in total. The predicted octanol–water partition coefficient (Wildman–Crippen LogP) is 1.55. The van der Waals surface area contributed by atoms with Crippen LogP contribution < -0.4 is 0 Å². The number of nitrogens with zero attached hydrogens (tertiary/aromatic N) is 3. The van der Waals surface area contributed by atoms with Crippen LogP contribution in [0.15, 0.2) is 12.4 Å². The molecule has 2 fully saturated rings. The predicted molar refractivity (Wildman–Crippen MR) is 78.9 cm³/mol. The highest BCUT2D eigenvalue weighted by molar-refractivity contribution is 7.99. The monoisotopic (exact) mass is 295 g/mol. The fourth-order valence-corrected chi connectivity index (χ4v) is 4.09. The molecule has 2 aliphatic heterocycles. The van der Waals surface area contributed by atoms with Gasteiger partial charge in [-0.15, -0.1) is 0 Å². The van der Waals surface area contributed by atoms with Crippen LogP contribution in [0.3, 0.4) is 0 Å². The Hall–Kier alpha value is -1.01. The molecule has 5 nitrogen and oxygen atoms in total. The van der Waals surface area contributed by atoms with Gasteiger partial charge in [0.25, 0.3) is 5.91 Å². The number of hydrogen-bond donors (Lipinski definition) is 0. The number of aryl methyl sites for hydroxylation is 1. The first-order chi connectivity index (χ1) is 9.74. The van der Waals surface area contributed by atoms with Crippen molar-refractivity contribution < 1.29 is 9.53 Å². The molecule has 2 saturated heterocycles. The number of amides is 1. The third kappa shape index (κ3) is 3.01. The normalized spacial score (nSPS) is 26.1. The second-order valence-electron chi connectivity index (χ2n) is 5.51. The van der Waals surface area contributed by atoms with Crippen LogP contribution in [0, 0.1) is 0 Å². The summed E-state index contributed by atoms with van der Waals surface area (Å²) in [5.41, 5.74) is 0.683. The van der Waals surface area contributed by atoms with Gasteiger partial charge in [0, 0.05) is 38.2 Å². The summed E-state index contributed by atoms with van der Waals surface area (Å²) in [5, 5.41) is 4.11. The Labute approximate surface area is 123 Å². The molecule has 20 heavy (non-hydrogen) atoms. The highest BCUT2D eigenvalue weighted by Gasteiger charge is 2.31. The van der Waals surface area contributed by atoms with E-state index in [0.29, 0.717) is 11.6 Å². The molecule has 0 bridgehead atoms. The van der Waals surface area contributed by atoms with Crippen molar-refractivity contribution in [2.75, 3.05) is 24.7 Å². The first-order valence-electron chi connectivity index (χ1n) is 7.23. The van der Waals surface area contributed by atoms with Crippen molar-refractivity contribution in [3.8, 4) is 0 Å². The molecule has 0 radical (unpaired) electrons. The molecular formula is C14H21N3O2S. The van der Waals surface area contributed by atoms with Crippen molar-refractivity contribution in [2.45, 2.75) is 31.4 Å². The molecular weight excluding hydrogens is 274 g/mol. The molecule has 0 spiro atoms.